The Labute approximate surface area is 88.7 Å². The number of ether oxygens (including phenoxy) is 1. The molecule has 0 saturated heterocycles. The average molecular weight is 206 g/mol. The fourth-order valence-corrected chi connectivity index (χ4v) is 1.84. The van der Waals surface area contributed by atoms with Crippen LogP contribution in [0.5, 0.6) is 5.75 Å². The van der Waals surface area contributed by atoms with Crippen LogP contribution in [-0.2, 0) is 4.79 Å². The molecule has 2 rings (SSSR count). The van der Waals surface area contributed by atoms with Crippen molar-refractivity contribution >= 4 is 5.97 Å². The lowest BCUT2D eigenvalue weighted by atomic mass is 10.1. The van der Waals surface area contributed by atoms with E-state index < -0.39 is 5.97 Å². The van der Waals surface area contributed by atoms with Crippen molar-refractivity contribution in [2.24, 2.45) is 5.92 Å². The van der Waals surface area contributed by atoms with Gasteiger partial charge >= 0.3 is 5.97 Å². The van der Waals surface area contributed by atoms with E-state index in [4.69, 9.17) is 9.84 Å². The van der Waals surface area contributed by atoms with Crippen molar-refractivity contribution in [3.05, 3.63) is 29.8 Å². The van der Waals surface area contributed by atoms with E-state index in [0.29, 0.717) is 6.61 Å². The number of benzene rings is 1. The molecular weight excluding hydrogens is 192 g/mol. The molecule has 2 atom stereocenters. The van der Waals surface area contributed by atoms with Gasteiger partial charge in [-0.05, 0) is 37.0 Å². The van der Waals surface area contributed by atoms with Gasteiger partial charge in [-0.1, -0.05) is 12.1 Å². The molecule has 1 fully saturated rings. The molecule has 1 N–H and O–H groups in total. The third-order valence-corrected chi connectivity index (χ3v) is 2.70. The maximum Gasteiger partial charge on any atom is 0.307 e. The van der Waals surface area contributed by atoms with Gasteiger partial charge in [0, 0.05) is 0 Å². The summed E-state index contributed by atoms with van der Waals surface area (Å²) in [5.41, 5.74) is 1.08. The van der Waals surface area contributed by atoms with Gasteiger partial charge in [0.1, 0.15) is 5.75 Å². The van der Waals surface area contributed by atoms with Crippen LogP contribution in [0.15, 0.2) is 24.3 Å². The lowest BCUT2D eigenvalue weighted by molar-refractivity contribution is -0.138. The topological polar surface area (TPSA) is 46.5 Å². The van der Waals surface area contributed by atoms with E-state index in [1.54, 1.807) is 0 Å². The first kappa shape index (κ1) is 10.0. The van der Waals surface area contributed by atoms with Gasteiger partial charge in [0.2, 0.25) is 0 Å². The Morgan fingerprint density at radius 3 is 3.00 bits per heavy atom. The first-order chi connectivity index (χ1) is 7.22. The Kier molecular flexibility index (Phi) is 2.62. The summed E-state index contributed by atoms with van der Waals surface area (Å²) >= 11 is 0. The minimum Gasteiger partial charge on any atom is -0.494 e. The number of carboxylic acid groups (broad SMARTS) is 1. The highest BCUT2D eigenvalue weighted by atomic mass is 16.5. The fraction of sp³-hybridized carbons (Fsp3) is 0.417. The lowest BCUT2D eigenvalue weighted by Crippen LogP contribution is -1.99. The van der Waals surface area contributed by atoms with Crippen LogP contribution in [0.3, 0.4) is 0 Å². The normalized spacial score (nSPS) is 23.5. The molecule has 0 amide bonds. The van der Waals surface area contributed by atoms with Crippen molar-refractivity contribution in [2.45, 2.75) is 19.3 Å². The van der Waals surface area contributed by atoms with Crippen LogP contribution < -0.4 is 4.74 Å². The maximum absolute atomic E-state index is 10.7. The number of carbonyl (C=O) groups is 1. The summed E-state index contributed by atoms with van der Waals surface area (Å²) in [5, 5.41) is 8.83. The SMILES string of the molecule is CCOc1cccc([C@@H]2C[C@@H]2C(=O)O)c1. The second kappa shape index (κ2) is 3.93. The van der Waals surface area contributed by atoms with Crippen LogP contribution in [-0.4, -0.2) is 17.7 Å². The highest BCUT2D eigenvalue weighted by molar-refractivity contribution is 5.75. The predicted molar refractivity (Wildman–Crippen MR) is 56.1 cm³/mol. The first-order valence-electron chi connectivity index (χ1n) is 5.18. The van der Waals surface area contributed by atoms with Crippen molar-refractivity contribution in [1.82, 2.24) is 0 Å². The summed E-state index contributed by atoms with van der Waals surface area (Å²) in [4.78, 5) is 10.7. The first-order valence-corrected chi connectivity index (χ1v) is 5.18. The van der Waals surface area contributed by atoms with Crippen LogP contribution in [0.4, 0.5) is 0 Å². The second-order valence-electron chi connectivity index (χ2n) is 3.79. The Balaban J connectivity index is 2.10. The summed E-state index contributed by atoms with van der Waals surface area (Å²) in [5.74, 6) is 0.123. The van der Waals surface area contributed by atoms with Crippen LogP contribution in [0.2, 0.25) is 0 Å². The third kappa shape index (κ3) is 2.12. The van der Waals surface area contributed by atoms with Crippen LogP contribution in [0, 0.1) is 5.92 Å². The molecular formula is C12H14O3. The molecule has 1 aromatic rings. The van der Waals surface area contributed by atoms with Crippen molar-refractivity contribution in [3.8, 4) is 5.75 Å². The Bertz CT molecular complexity index is 373. The summed E-state index contributed by atoms with van der Waals surface area (Å²) < 4.78 is 5.37. The third-order valence-electron chi connectivity index (χ3n) is 2.70. The van der Waals surface area contributed by atoms with Crippen molar-refractivity contribution in [3.63, 3.8) is 0 Å². The largest absolute Gasteiger partial charge is 0.494 e. The number of rotatable bonds is 4. The summed E-state index contributed by atoms with van der Waals surface area (Å²) in [6.07, 6.45) is 0.755. The monoisotopic (exact) mass is 206 g/mol. The smallest absolute Gasteiger partial charge is 0.307 e. The molecule has 1 aromatic carbocycles. The highest BCUT2D eigenvalue weighted by Crippen LogP contribution is 2.48. The number of hydrogen-bond donors (Lipinski definition) is 1. The molecule has 1 aliphatic rings. The maximum atomic E-state index is 10.7. The van der Waals surface area contributed by atoms with E-state index >= 15 is 0 Å². The number of carboxylic acids is 1. The van der Waals surface area contributed by atoms with E-state index in [1.165, 1.54) is 0 Å². The molecule has 0 bridgehead atoms. The average Bonchev–Trinajstić information content (AvgIpc) is 2.98. The van der Waals surface area contributed by atoms with Gasteiger partial charge < -0.3 is 9.84 Å². The summed E-state index contributed by atoms with van der Waals surface area (Å²) in [6, 6.07) is 7.72. The Morgan fingerprint density at radius 2 is 2.40 bits per heavy atom. The van der Waals surface area contributed by atoms with Gasteiger partial charge in [-0.25, -0.2) is 0 Å². The lowest BCUT2D eigenvalue weighted by Gasteiger charge is -2.04. The van der Waals surface area contributed by atoms with E-state index in [0.717, 1.165) is 17.7 Å². The minimum absolute atomic E-state index is 0.183. The van der Waals surface area contributed by atoms with Gasteiger partial charge in [0.15, 0.2) is 0 Å². The van der Waals surface area contributed by atoms with Crippen LogP contribution >= 0.6 is 0 Å². The molecule has 0 unspecified atom stereocenters. The molecule has 3 nitrogen and oxygen atoms in total. The Morgan fingerprint density at radius 1 is 1.60 bits per heavy atom. The molecule has 3 heteroatoms. The highest BCUT2D eigenvalue weighted by Gasteiger charge is 2.44. The molecule has 0 aliphatic heterocycles. The van der Waals surface area contributed by atoms with E-state index in [1.807, 2.05) is 31.2 Å². The van der Waals surface area contributed by atoms with Crippen molar-refractivity contribution < 1.29 is 14.6 Å². The fourth-order valence-electron chi connectivity index (χ4n) is 1.84. The predicted octanol–water partition coefficient (Wildman–Crippen LogP) is 2.27. The second-order valence-corrected chi connectivity index (χ2v) is 3.79. The van der Waals surface area contributed by atoms with Crippen LogP contribution in [0.1, 0.15) is 24.8 Å². The summed E-state index contributed by atoms with van der Waals surface area (Å²) in [6.45, 7) is 2.57. The zero-order valence-corrected chi connectivity index (χ0v) is 8.64. The minimum atomic E-state index is -0.693. The zero-order chi connectivity index (χ0) is 10.8. The molecule has 0 heterocycles. The molecule has 80 valence electrons. The standard InChI is InChI=1S/C12H14O3/c1-2-15-9-5-3-4-8(6-9)10-7-11(10)12(13)14/h3-6,10-11H,2,7H2,1H3,(H,13,14)/t10-,11-/m0/s1. The molecule has 0 aromatic heterocycles. The van der Waals surface area contributed by atoms with Gasteiger partial charge in [-0.3, -0.25) is 4.79 Å². The van der Waals surface area contributed by atoms with Gasteiger partial charge in [-0.2, -0.15) is 0 Å². The van der Waals surface area contributed by atoms with E-state index in [9.17, 15) is 4.79 Å². The Hall–Kier alpha value is -1.51. The molecule has 0 spiro atoms. The van der Waals surface area contributed by atoms with E-state index in [-0.39, 0.29) is 11.8 Å². The van der Waals surface area contributed by atoms with Gasteiger partial charge in [0.25, 0.3) is 0 Å². The molecule has 1 aliphatic carbocycles. The summed E-state index contributed by atoms with van der Waals surface area (Å²) in [7, 11) is 0. The van der Waals surface area contributed by atoms with Crippen molar-refractivity contribution in [1.29, 1.82) is 0 Å². The number of hydrogen-bond acceptors (Lipinski definition) is 2. The zero-order valence-electron chi connectivity index (χ0n) is 8.64. The molecule has 1 saturated carbocycles. The van der Waals surface area contributed by atoms with E-state index in [2.05, 4.69) is 0 Å². The molecule has 15 heavy (non-hydrogen) atoms. The molecule has 0 radical (unpaired) electrons. The quantitative estimate of drug-likeness (QED) is 0.822. The number of aliphatic carboxylic acids is 1. The van der Waals surface area contributed by atoms with Gasteiger partial charge in [-0.15, -0.1) is 0 Å². The van der Waals surface area contributed by atoms with Crippen LogP contribution in [0.25, 0.3) is 0 Å². The van der Waals surface area contributed by atoms with Gasteiger partial charge in [0.05, 0.1) is 12.5 Å². The van der Waals surface area contributed by atoms with Crippen molar-refractivity contribution in [2.75, 3.05) is 6.61 Å².